The molecule has 0 aliphatic heterocycles. The molecule has 2 heterocycles. The van der Waals surface area contributed by atoms with E-state index in [4.69, 9.17) is 4.74 Å². The maximum absolute atomic E-state index is 12.8. The van der Waals surface area contributed by atoms with Crippen LogP contribution < -0.4 is 5.56 Å². The average molecular weight is 336 g/mol. The van der Waals surface area contributed by atoms with Crippen molar-refractivity contribution in [3.05, 3.63) is 75.8 Å². The smallest absolute Gasteiger partial charge is 0.339 e. The molecule has 0 unspecified atom stereocenters. The predicted octanol–water partition coefficient (Wildman–Crippen LogP) is 3.12. The van der Waals surface area contributed by atoms with Gasteiger partial charge in [-0.3, -0.25) is 9.78 Å². The average Bonchev–Trinajstić information content (AvgIpc) is 2.62. The van der Waals surface area contributed by atoms with Crippen molar-refractivity contribution in [2.45, 2.75) is 26.8 Å². The highest BCUT2D eigenvalue weighted by atomic mass is 16.5. The van der Waals surface area contributed by atoms with E-state index in [2.05, 4.69) is 4.98 Å². The fourth-order valence-electron chi connectivity index (χ4n) is 2.79. The van der Waals surface area contributed by atoms with E-state index in [-0.39, 0.29) is 12.2 Å². The Balaban J connectivity index is 1.96. The molecule has 3 rings (SSSR count). The maximum Gasteiger partial charge on any atom is 0.339 e. The van der Waals surface area contributed by atoms with Gasteiger partial charge in [0.2, 0.25) is 0 Å². The number of hydrogen-bond acceptors (Lipinski definition) is 4. The first-order valence-corrected chi connectivity index (χ1v) is 8.32. The Kier molecular flexibility index (Phi) is 4.93. The van der Waals surface area contributed by atoms with Gasteiger partial charge in [-0.15, -0.1) is 0 Å². The van der Waals surface area contributed by atoms with E-state index in [0.717, 1.165) is 6.42 Å². The van der Waals surface area contributed by atoms with Crippen molar-refractivity contribution in [2.75, 3.05) is 6.61 Å². The molecule has 0 atom stereocenters. The van der Waals surface area contributed by atoms with Gasteiger partial charge in [-0.2, -0.15) is 0 Å². The van der Waals surface area contributed by atoms with Crippen LogP contribution in [0.1, 0.15) is 28.5 Å². The molecule has 0 saturated heterocycles. The lowest BCUT2D eigenvalue weighted by molar-refractivity contribution is 0.0525. The van der Waals surface area contributed by atoms with Crippen molar-refractivity contribution in [3.8, 4) is 0 Å². The first-order chi connectivity index (χ1) is 12.1. The van der Waals surface area contributed by atoms with Crippen LogP contribution in [-0.2, 0) is 17.7 Å². The third kappa shape index (κ3) is 3.60. The molecule has 0 fully saturated rings. The summed E-state index contributed by atoms with van der Waals surface area (Å²) < 4.78 is 6.70. The molecular weight excluding hydrogens is 316 g/mol. The normalized spacial score (nSPS) is 10.8. The number of fused-ring (bicyclic) bond motifs is 1. The van der Waals surface area contributed by atoms with E-state index in [1.807, 2.05) is 36.4 Å². The van der Waals surface area contributed by atoms with Gasteiger partial charge in [-0.05, 0) is 38.0 Å². The van der Waals surface area contributed by atoms with Crippen LogP contribution in [0.15, 0.2) is 53.5 Å². The highest BCUT2D eigenvalue weighted by Gasteiger charge is 2.14. The minimum atomic E-state index is -0.450. The summed E-state index contributed by atoms with van der Waals surface area (Å²) >= 11 is 0. The second-order valence-electron chi connectivity index (χ2n) is 5.82. The van der Waals surface area contributed by atoms with E-state index in [0.29, 0.717) is 28.7 Å². The largest absolute Gasteiger partial charge is 0.462 e. The molecule has 0 amide bonds. The number of benzene rings is 1. The Hall–Kier alpha value is -2.95. The number of aromatic nitrogens is 2. The zero-order valence-electron chi connectivity index (χ0n) is 14.4. The van der Waals surface area contributed by atoms with Crippen molar-refractivity contribution in [3.63, 3.8) is 0 Å². The Bertz CT molecular complexity index is 962. The number of carbonyl (C=O) groups excluding carboxylic acids is 1. The van der Waals surface area contributed by atoms with Crippen LogP contribution in [0.5, 0.6) is 0 Å². The molecule has 0 spiro atoms. The Morgan fingerprint density at radius 3 is 2.68 bits per heavy atom. The number of pyridine rings is 2. The fourth-order valence-corrected chi connectivity index (χ4v) is 2.79. The predicted molar refractivity (Wildman–Crippen MR) is 96.8 cm³/mol. The van der Waals surface area contributed by atoms with Gasteiger partial charge in [-0.1, -0.05) is 30.3 Å². The third-order valence-corrected chi connectivity index (χ3v) is 4.13. The molecule has 2 aromatic heterocycles. The van der Waals surface area contributed by atoms with E-state index in [9.17, 15) is 9.59 Å². The highest BCUT2D eigenvalue weighted by molar-refractivity contribution is 5.94. The minimum Gasteiger partial charge on any atom is -0.462 e. The number of rotatable bonds is 5. The lowest BCUT2D eigenvalue weighted by Gasteiger charge is -2.10. The standard InChI is InChI=1S/C20H20N2O3/c1-3-25-20(24)16-13-17-18(21-14(16)2)10-12-22(19(17)23)11-9-15-7-5-4-6-8-15/h4-8,10,12-13H,3,9,11H2,1-2H3. The molecular formula is C20H20N2O3. The van der Waals surface area contributed by atoms with Crippen LogP contribution in [0.3, 0.4) is 0 Å². The van der Waals surface area contributed by atoms with Gasteiger partial charge in [0.25, 0.3) is 5.56 Å². The number of hydrogen-bond donors (Lipinski definition) is 0. The highest BCUT2D eigenvalue weighted by Crippen LogP contribution is 2.15. The summed E-state index contributed by atoms with van der Waals surface area (Å²) in [4.78, 5) is 29.2. The maximum atomic E-state index is 12.8. The molecule has 0 bridgehead atoms. The van der Waals surface area contributed by atoms with Gasteiger partial charge in [-0.25, -0.2) is 4.79 Å². The second kappa shape index (κ2) is 7.30. The quantitative estimate of drug-likeness (QED) is 0.672. The molecule has 0 saturated carbocycles. The van der Waals surface area contributed by atoms with Crippen molar-refractivity contribution in [1.29, 1.82) is 0 Å². The van der Waals surface area contributed by atoms with Gasteiger partial charge in [0.05, 0.1) is 28.8 Å². The summed E-state index contributed by atoms with van der Waals surface area (Å²) in [6.45, 7) is 4.35. The lowest BCUT2D eigenvalue weighted by Crippen LogP contribution is -2.21. The minimum absolute atomic E-state index is 0.147. The Morgan fingerprint density at radius 1 is 1.20 bits per heavy atom. The molecule has 0 aliphatic rings. The zero-order chi connectivity index (χ0) is 17.8. The van der Waals surface area contributed by atoms with E-state index in [1.165, 1.54) is 5.56 Å². The third-order valence-electron chi connectivity index (χ3n) is 4.13. The SMILES string of the molecule is CCOC(=O)c1cc2c(=O)n(CCc3ccccc3)ccc2nc1C. The summed E-state index contributed by atoms with van der Waals surface area (Å²) in [6.07, 6.45) is 2.51. The van der Waals surface area contributed by atoms with Crippen LogP contribution in [0.25, 0.3) is 10.9 Å². The van der Waals surface area contributed by atoms with Crippen molar-refractivity contribution in [1.82, 2.24) is 9.55 Å². The summed E-state index contributed by atoms with van der Waals surface area (Å²) in [7, 11) is 0. The first-order valence-electron chi connectivity index (χ1n) is 8.32. The van der Waals surface area contributed by atoms with Crippen LogP contribution in [0.4, 0.5) is 0 Å². The molecule has 128 valence electrons. The van der Waals surface area contributed by atoms with Gasteiger partial charge in [0.1, 0.15) is 0 Å². The summed E-state index contributed by atoms with van der Waals surface area (Å²) in [5, 5.41) is 0.434. The van der Waals surface area contributed by atoms with Crippen LogP contribution in [0, 0.1) is 6.92 Å². The first kappa shape index (κ1) is 16.9. The Morgan fingerprint density at radius 2 is 1.96 bits per heavy atom. The number of nitrogens with zero attached hydrogens (tertiary/aromatic N) is 2. The van der Waals surface area contributed by atoms with Crippen molar-refractivity contribution < 1.29 is 9.53 Å². The molecule has 5 heteroatoms. The van der Waals surface area contributed by atoms with Gasteiger partial charge < -0.3 is 9.30 Å². The topological polar surface area (TPSA) is 61.2 Å². The van der Waals surface area contributed by atoms with E-state index < -0.39 is 5.97 Å². The zero-order valence-corrected chi connectivity index (χ0v) is 14.4. The summed E-state index contributed by atoms with van der Waals surface area (Å²) in [5.41, 5.74) is 2.52. The monoisotopic (exact) mass is 336 g/mol. The molecule has 1 aromatic carbocycles. The van der Waals surface area contributed by atoms with Gasteiger partial charge in [0.15, 0.2) is 0 Å². The van der Waals surface area contributed by atoms with Gasteiger partial charge in [0, 0.05) is 12.7 Å². The van der Waals surface area contributed by atoms with E-state index >= 15 is 0 Å². The Labute approximate surface area is 145 Å². The molecule has 0 N–H and O–H groups in total. The molecule has 0 radical (unpaired) electrons. The lowest BCUT2D eigenvalue weighted by atomic mass is 10.1. The molecule has 3 aromatic rings. The van der Waals surface area contributed by atoms with Crippen LogP contribution >= 0.6 is 0 Å². The molecule has 25 heavy (non-hydrogen) atoms. The van der Waals surface area contributed by atoms with Crippen molar-refractivity contribution >= 4 is 16.9 Å². The summed E-state index contributed by atoms with van der Waals surface area (Å²) in [6, 6.07) is 13.4. The molecule has 0 aliphatic carbocycles. The molecule has 5 nitrogen and oxygen atoms in total. The number of aryl methyl sites for hydroxylation is 3. The van der Waals surface area contributed by atoms with Crippen molar-refractivity contribution in [2.24, 2.45) is 0 Å². The van der Waals surface area contributed by atoms with Gasteiger partial charge >= 0.3 is 5.97 Å². The fraction of sp³-hybridized carbons (Fsp3) is 0.250. The number of ether oxygens (including phenoxy) is 1. The number of esters is 1. The van der Waals surface area contributed by atoms with Crippen LogP contribution in [-0.4, -0.2) is 22.1 Å². The number of carbonyl (C=O) groups is 1. The second-order valence-corrected chi connectivity index (χ2v) is 5.82. The summed E-state index contributed by atoms with van der Waals surface area (Å²) in [5.74, 6) is -0.450. The van der Waals surface area contributed by atoms with E-state index in [1.54, 1.807) is 30.7 Å². The van der Waals surface area contributed by atoms with Crippen LogP contribution in [0.2, 0.25) is 0 Å².